The average molecular weight is 404 g/mol. The molecule has 2 bridgehead atoms. The summed E-state index contributed by atoms with van der Waals surface area (Å²) in [5.74, 6) is 0.413. The van der Waals surface area contributed by atoms with E-state index in [0.717, 1.165) is 31.3 Å². The van der Waals surface area contributed by atoms with Crippen molar-refractivity contribution >= 4 is 28.7 Å². The Kier molecular flexibility index (Phi) is 4.75. The summed E-state index contributed by atoms with van der Waals surface area (Å²) in [6, 6.07) is 12.8. The van der Waals surface area contributed by atoms with E-state index in [-0.39, 0.29) is 17.9 Å². The van der Waals surface area contributed by atoms with Crippen molar-refractivity contribution in [3.05, 3.63) is 59.9 Å². The molecular formula is C23H24N4O3. The maximum atomic E-state index is 12.8. The molecule has 2 N–H and O–H groups in total. The quantitative estimate of drug-likeness (QED) is 0.697. The molecule has 1 aromatic carbocycles. The predicted octanol–water partition coefficient (Wildman–Crippen LogP) is 3.29. The molecule has 3 aliphatic rings. The molecule has 2 aromatic heterocycles. The van der Waals surface area contributed by atoms with Crippen molar-refractivity contribution in [2.75, 3.05) is 18.4 Å². The topological polar surface area (TPSA) is 87.5 Å². The van der Waals surface area contributed by atoms with Crippen molar-refractivity contribution in [3.63, 3.8) is 0 Å². The van der Waals surface area contributed by atoms with E-state index in [0.29, 0.717) is 34.7 Å². The molecule has 6 rings (SSSR count). The van der Waals surface area contributed by atoms with Gasteiger partial charge in [0.2, 0.25) is 5.88 Å². The molecule has 2 atom stereocenters. The number of rotatable bonds is 4. The van der Waals surface area contributed by atoms with E-state index < -0.39 is 0 Å². The van der Waals surface area contributed by atoms with Gasteiger partial charge in [-0.15, -0.1) is 0 Å². The summed E-state index contributed by atoms with van der Waals surface area (Å²) >= 11 is 0. The van der Waals surface area contributed by atoms with Gasteiger partial charge < -0.3 is 9.73 Å². The van der Waals surface area contributed by atoms with E-state index >= 15 is 0 Å². The number of anilines is 1. The zero-order valence-electron chi connectivity index (χ0n) is 16.8. The monoisotopic (exact) mass is 404 g/mol. The van der Waals surface area contributed by atoms with Crippen LogP contribution in [0.5, 0.6) is 0 Å². The van der Waals surface area contributed by atoms with Crippen LogP contribution in [-0.4, -0.2) is 46.9 Å². The van der Waals surface area contributed by atoms with Gasteiger partial charge in [-0.2, -0.15) is 0 Å². The second kappa shape index (κ2) is 7.57. The molecule has 0 spiro atoms. The summed E-state index contributed by atoms with van der Waals surface area (Å²) in [5.41, 5.74) is 1.38. The van der Waals surface area contributed by atoms with Crippen molar-refractivity contribution in [2.45, 2.75) is 31.8 Å². The Bertz CT molecular complexity index is 1080. The van der Waals surface area contributed by atoms with Crippen molar-refractivity contribution in [1.82, 2.24) is 15.2 Å². The maximum Gasteiger partial charge on any atom is 0.270 e. The van der Waals surface area contributed by atoms with E-state index in [2.05, 4.69) is 27.4 Å². The van der Waals surface area contributed by atoms with Crippen LogP contribution in [0.25, 0.3) is 11.0 Å². The first-order chi connectivity index (χ1) is 14.6. The van der Waals surface area contributed by atoms with Crippen LogP contribution in [0.4, 0.5) is 5.88 Å². The maximum absolute atomic E-state index is 12.8. The van der Waals surface area contributed by atoms with E-state index in [4.69, 9.17) is 4.42 Å². The van der Waals surface area contributed by atoms with E-state index in [1.165, 1.54) is 0 Å². The Labute approximate surface area is 174 Å². The van der Waals surface area contributed by atoms with Gasteiger partial charge >= 0.3 is 0 Å². The summed E-state index contributed by atoms with van der Waals surface area (Å²) < 4.78 is 5.75. The number of amides is 2. The highest BCUT2D eigenvalue weighted by Crippen LogP contribution is 2.32. The van der Waals surface area contributed by atoms with Gasteiger partial charge in [-0.3, -0.25) is 24.8 Å². The number of fused-ring (bicyclic) bond motifs is 4. The number of furan rings is 1. The second-order valence-electron chi connectivity index (χ2n) is 8.15. The minimum Gasteiger partial charge on any atom is -0.440 e. The van der Waals surface area contributed by atoms with Gasteiger partial charge in [0.15, 0.2) is 0 Å². The molecular weight excluding hydrogens is 380 g/mol. The summed E-state index contributed by atoms with van der Waals surface area (Å²) in [5, 5.41) is 6.66. The number of aromatic nitrogens is 1. The van der Waals surface area contributed by atoms with Crippen molar-refractivity contribution in [3.8, 4) is 0 Å². The van der Waals surface area contributed by atoms with Crippen LogP contribution >= 0.6 is 0 Å². The molecule has 3 saturated heterocycles. The van der Waals surface area contributed by atoms with Gasteiger partial charge in [0.25, 0.3) is 11.8 Å². The summed E-state index contributed by atoms with van der Waals surface area (Å²) in [7, 11) is 0. The average Bonchev–Trinajstić information content (AvgIpc) is 3.18. The lowest BCUT2D eigenvalue weighted by molar-refractivity contribution is 0.0216. The number of pyridine rings is 1. The van der Waals surface area contributed by atoms with Gasteiger partial charge in [-0.05, 0) is 50.9 Å². The third-order valence-corrected chi connectivity index (χ3v) is 6.38. The molecule has 0 aliphatic carbocycles. The van der Waals surface area contributed by atoms with Gasteiger partial charge in [0, 0.05) is 41.4 Å². The van der Waals surface area contributed by atoms with Crippen molar-refractivity contribution in [2.24, 2.45) is 5.92 Å². The highest BCUT2D eigenvalue weighted by atomic mass is 16.4. The number of benzene rings is 1. The fourth-order valence-corrected chi connectivity index (χ4v) is 4.66. The lowest BCUT2D eigenvalue weighted by Gasteiger charge is -2.49. The predicted molar refractivity (Wildman–Crippen MR) is 113 cm³/mol. The minimum absolute atomic E-state index is 0.148. The van der Waals surface area contributed by atoms with Crippen molar-refractivity contribution in [1.29, 1.82) is 0 Å². The molecule has 154 valence electrons. The normalized spacial score (nSPS) is 25.2. The third-order valence-electron chi connectivity index (χ3n) is 6.38. The summed E-state index contributed by atoms with van der Waals surface area (Å²) in [4.78, 5) is 31.9. The lowest BCUT2D eigenvalue weighted by atomic mass is 9.79. The number of carbonyl (C=O) groups is 2. The van der Waals surface area contributed by atoms with Crippen LogP contribution in [0.1, 0.15) is 40.6 Å². The highest BCUT2D eigenvalue weighted by Gasteiger charge is 2.40. The summed E-state index contributed by atoms with van der Waals surface area (Å²) in [6.45, 7) is 4.42. The van der Waals surface area contributed by atoms with Gasteiger partial charge in [0.05, 0.1) is 0 Å². The Balaban J connectivity index is 1.31. The zero-order chi connectivity index (χ0) is 20.7. The van der Waals surface area contributed by atoms with Crippen LogP contribution in [0, 0.1) is 5.92 Å². The number of carbonyl (C=O) groups excluding carboxylic acids is 2. The Hall–Kier alpha value is -3.19. The van der Waals surface area contributed by atoms with Crippen LogP contribution in [-0.2, 0) is 0 Å². The zero-order valence-corrected chi connectivity index (χ0v) is 16.8. The molecule has 3 aromatic rings. The summed E-state index contributed by atoms with van der Waals surface area (Å²) in [6.07, 6.45) is 3.86. The SMILES string of the molecule is C[C@@H]1[C@H](NC(=O)c2cc3oc(NC(=O)c4ccccc4)cc3cn2)C2CCN1CC2. The molecule has 30 heavy (non-hydrogen) atoms. The first-order valence-corrected chi connectivity index (χ1v) is 10.4. The van der Waals surface area contributed by atoms with E-state index in [1.54, 1.807) is 42.6 Å². The first kappa shape index (κ1) is 18.8. The Morgan fingerprint density at radius 3 is 2.60 bits per heavy atom. The molecule has 0 radical (unpaired) electrons. The van der Waals surface area contributed by atoms with Gasteiger partial charge in [0.1, 0.15) is 11.3 Å². The van der Waals surface area contributed by atoms with Crippen LogP contribution in [0.15, 0.2) is 53.1 Å². The third kappa shape index (κ3) is 3.45. The van der Waals surface area contributed by atoms with Crippen LogP contribution in [0.2, 0.25) is 0 Å². The molecule has 0 unspecified atom stereocenters. The van der Waals surface area contributed by atoms with E-state index in [9.17, 15) is 9.59 Å². The van der Waals surface area contributed by atoms with E-state index in [1.807, 2.05) is 6.07 Å². The number of hydrogen-bond acceptors (Lipinski definition) is 5. The standard InChI is InChI=1S/C23H24N4O3/c1-14-21(15-7-9-27(14)10-8-15)26-23(29)18-12-19-17(13-24-18)11-20(30-19)25-22(28)16-5-3-2-4-6-16/h2-6,11-15,21H,7-10H2,1H3,(H,25,28)(H,26,29)/t14-,21+/m1/s1. The fourth-order valence-electron chi connectivity index (χ4n) is 4.66. The van der Waals surface area contributed by atoms with Crippen LogP contribution < -0.4 is 10.6 Å². The highest BCUT2D eigenvalue weighted by molar-refractivity contribution is 6.04. The molecule has 5 heterocycles. The smallest absolute Gasteiger partial charge is 0.270 e. The molecule has 0 saturated carbocycles. The Morgan fingerprint density at radius 1 is 1.10 bits per heavy atom. The molecule has 7 heteroatoms. The van der Waals surface area contributed by atoms with Crippen molar-refractivity contribution < 1.29 is 14.0 Å². The largest absolute Gasteiger partial charge is 0.440 e. The number of piperidine rings is 3. The molecule has 3 fully saturated rings. The van der Waals surface area contributed by atoms with Gasteiger partial charge in [-0.25, -0.2) is 0 Å². The Morgan fingerprint density at radius 2 is 1.87 bits per heavy atom. The minimum atomic E-state index is -0.253. The second-order valence-corrected chi connectivity index (χ2v) is 8.15. The number of nitrogens with zero attached hydrogens (tertiary/aromatic N) is 2. The molecule has 3 aliphatic heterocycles. The molecule has 7 nitrogen and oxygen atoms in total. The first-order valence-electron chi connectivity index (χ1n) is 10.4. The molecule has 2 amide bonds. The lowest BCUT2D eigenvalue weighted by Crippen LogP contribution is -2.62. The fraction of sp³-hybridized carbons (Fsp3) is 0.348. The number of nitrogens with one attached hydrogen (secondary N) is 2. The number of hydrogen-bond donors (Lipinski definition) is 2. The van der Waals surface area contributed by atoms with Gasteiger partial charge in [-0.1, -0.05) is 18.2 Å². The van der Waals surface area contributed by atoms with Crippen LogP contribution in [0.3, 0.4) is 0 Å².